The molecule has 0 N–H and O–H groups in total. The lowest BCUT2D eigenvalue weighted by molar-refractivity contribution is 1.18. The summed E-state index contributed by atoms with van der Waals surface area (Å²) >= 11 is 0. The maximum atomic E-state index is 2.57. The first kappa shape index (κ1) is 36.6. The number of anilines is 6. The Kier molecular flexibility index (Phi) is 7.95. The first-order valence-electron chi connectivity index (χ1n) is 22.7. The first-order valence-corrected chi connectivity index (χ1v) is 22.7. The summed E-state index contributed by atoms with van der Waals surface area (Å²) in [7, 11) is 0. The maximum Gasteiger partial charge on any atom is 0.0628 e. The van der Waals surface area contributed by atoms with E-state index >= 15 is 0 Å². The summed E-state index contributed by atoms with van der Waals surface area (Å²) in [6.45, 7) is 0. The topological polar surface area (TPSA) is 15.8 Å². The Bertz CT molecular complexity index is 4060. The van der Waals surface area contributed by atoms with Crippen LogP contribution in [-0.2, 0) is 0 Å². The number of hydrogen-bond acceptors (Lipinski definition) is 2. The zero-order valence-corrected chi connectivity index (χ0v) is 35.9. The van der Waals surface area contributed by atoms with Crippen molar-refractivity contribution in [3.05, 3.63) is 243 Å². The van der Waals surface area contributed by atoms with E-state index in [1.54, 1.807) is 0 Å². The second-order valence-electron chi connectivity index (χ2n) is 17.4. The summed E-state index contributed by atoms with van der Waals surface area (Å²) in [6.07, 6.45) is 0. The Labute approximate surface area is 381 Å². The van der Waals surface area contributed by atoms with Gasteiger partial charge >= 0.3 is 0 Å². The Morgan fingerprint density at radius 1 is 0.258 bits per heavy atom. The molecule has 0 spiro atoms. The van der Waals surface area contributed by atoms with E-state index in [2.05, 4.69) is 261 Å². The van der Waals surface area contributed by atoms with Crippen molar-refractivity contribution >= 4 is 116 Å². The molecule has 0 radical (unpaired) electrons. The van der Waals surface area contributed by atoms with Crippen molar-refractivity contribution in [1.29, 1.82) is 0 Å². The first-order chi connectivity index (χ1) is 32.7. The van der Waals surface area contributed by atoms with Gasteiger partial charge in [-0.25, -0.2) is 0 Å². The summed E-state index contributed by atoms with van der Waals surface area (Å²) in [6, 6.07) is 88.5. The van der Waals surface area contributed by atoms with Gasteiger partial charge in [-0.2, -0.15) is 0 Å². The Balaban J connectivity index is 1.09. The van der Waals surface area contributed by atoms with Crippen LogP contribution in [0.3, 0.4) is 0 Å². The lowest BCUT2D eigenvalue weighted by Crippen LogP contribution is -2.09. The third-order valence-corrected chi connectivity index (χ3v) is 13.7. The number of fused-ring (bicyclic) bond motifs is 12. The number of para-hydroxylation sites is 6. The molecular weight excluding hydrogens is 801 g/mol. The molecule has 0 aliphatic heterocycles. The quantitative estimate of drug-likeness (QED) is 0.159. The normalized spacial score (nSPS) is 11.9. The average Bonchev–Trinajstić information content (AvgIpc) is 4.00. The molecular formula is C62H40N4. The van der Waals surface area contributed by atoms with Gasteiger partial charge in [-0.05, 0) is 143 Å². The number of aromatic nitrogens is 2. The van der Waals surface area contributed by atoms with Crippen LogP contribution in [0.25, 0.3) is 87.1 Å². The Morgan fingerprint density at radius 2 is 0.712 bits per heavy atom. The monoisotopic (exact) mass is 840 g/mol. The van der Waals surface area contributed by atoms with Crippen LogP contribution in [0.5, 0.6) is 0 Å². The van der Waals surface area contributed by atoms with Crippen molar-refractivity contribution in [2.45, 2.75) is 0 Å². The van der Waals surface area contributed by atoms with Gasteiger partial charge in [0.2, 0.25) is 0 Å². The maximum absolute atomic E-state index is 2.57. The van der Waals surface area contributed by atoms with Crippen molar-refractivity contribution in [3.8, 4) is 5.69 Å². The van der Waals surface area contributed by atoms with Crippen molar-refractivity contribution in [1.82, 2.24) is 8.97 Å². The summed E-state index contributed by atoms with van der Waals surface area (Å²) in [4.78, 5) is 4.70. The number of benzene rings is 11. The Morgan fingerprint density at radius 3 is 1.24 bits per heavy atom. The zero-order chi connectivity index (χ0) is 43.3. The number of hydrogen-bond donors (Lipinski definition) is 0. The second-order valence-corrected chi connectivity index (χ2v) is 17.4. The van der Waals surface area contributed by atoms with Crippen molar-refractivity contribution in [3.63, 3.8) is 0 Å². The molecule has 0 unspecified atom stereocenters. The van der Waals surface area contributed by atoms with Crippen LogP contribution >= 0.6 is 0 Å². The summed E-state index contributed by atoms with van der Waals surface area (Å²) in [5.74, 6) is 0. The molecule has 0 saturated carbocycles. The minimum absolute atomic E-state index is 1.12. The third kappa shape index (κ3) is 5.45. The fraction of sp³-hybridized carbons (Fsp3) is 0. The SMILES string of the molecule is c1ccc(N(c2ccccc2)c2ccc3cc4c5cc6c(c7ccccc7n6-c6ccccc6)c6c7cc8ccc(N(c9ccccc9)c9ccccc9)cc8cc7n(c4cc3c2)c56)cc1. The van der Waals surface area contributed by atoms with Gasteiger partial charge < -0.3 is 18.8 Å². The summed E-state index contributed by atoms with van der Waals surface area (Å²) < 4.78 is 5.03. The Hall–Kier alpha value is -8.86. The van der Waals surface area contributed by atoms with Crippen LogP contribution in [0.4, 0.5) is 34.1 Å². The predicted molar refractivity (Wildman–Crippen MR) is 280 cm³/mol. The summed E-state index contributed by atoms with van der Waals surface area (Å²) in [5, 5.41) is 12.4. The third-order valence-electron chi connectivity index (χ3n) is 13.7. The molecule has 0 fully saturated rings. The fourth-order valence-corrected chi connectivity index (χ4v) is 10.9. The molecule has 4 nitrogen and oxygen atoms in total. The van der Waals surface area contributed by atoms with Crippen molar-refractivity contribution in [2.24, 2.45) is 0 Å². The lowest BCUT2D eigenvalue weighted by atomic mass is 9.99. The van der Waals surface area contributed by atoms with E-state index in [1.165, 1.54) is 81.4 Å². The highest BCUT2D eigenvalue weighted by molar-refractivity contribution is 6.37. The molecule has 3 aromatic heterocycles. The van der Waals surface area contributed by atoms with Gasteiger partial charge in [0.25, 0.3) is 0 Å². The molecule has 3 heterocycles. The van der Waals surface area contributed by atoms with Crippen LogP contribution in [0.15, 0.2) is 243 Å². The molecule has 308 valence electrons. The van der Waals surface area contributed by atoms with Crippen LogP contribution in [0.2, 0.25) is 0 Å². The van der Waals surface area contributed by atoms with Crippen LogP contribution in [0.1, 0.15) is 0 Å². The van der Waals surface area contributed by atoms with E-state index in [4.69, 9.17) is 0 Å². The minimum atomic E-state index is 1.12. The molecule has 0 bridgehead atoms. The molecule has 14 rings (SSSR count). The van der Waals surface area contributed by atoms with E-state index in [-0.39, 0.29) is 0 Å². The standard InChI is InChI=1S/C62H40N4/c1-6-18-45(19-7-1)63(46-20-8-2-9-21-46)50-32-30-41-36-53-54-40-59-60(52-28-16-17-29-56(52)65(59)49-26-14-5-15-27-49)61-55-37-42-31-33-51(64(47-22-10-3-11-23-47)48-24-12-4-13-25-48)35-44(42)39-58(55)66(62(54)61)57(53)38-43(41)34-50/h1-40H. The molecule has 14 aromatic rings. The summed E-state index contributed by atoms with van der Waals surface area (Å²) in [5.41, 5.74) is 14.0. The molecule has 0 aliphatic carbocycles. The van der Waals surface area contributed by atoms with Gasteiger partial charge in [0.1, 0.15) is 0 Å². The molecule has 0 aliphatic rings. The van der Waals surface area contributed by atoms with Gasteiger partial charge in [0.05, 0.1) is 27.6 Å². The van der Waals surface area contributed by atoms with Crippen LogP contribution in [-0.4, -0.2) is 8.97 Å². The molecule has 4 heteroatoms. The number of nitrogens with zero attached hydrogens (tertiary/aromatic N) is 4. The highest BCUT2D eigenvalue weighted by Crippen LogP contribution is 2.49. The fourth-order valence-electron chi connectivity index (χ4n) is 10.9. The highest BCUT2D eigenvalue weighted by Gasteiger charge is 2.25. The lowest BCUT2D eigenvalue weighted by Gasteiger charge is -2.25. The largest absolute Gasteiger partial charge is 0.310 e. The molecule has 0 atom stereocenters. The van der Waals surface area contributed by atoms with Gasteiger partial charge in [-0.15, -0.1) is 0 Å². The molecule has 0 saturated heterocycles. The second kappa shape index (κ2) is 14.3. The van der Waals surface area contributed by atoms with E-state index in [0.29, 0.717) is 0 Å². The molecule has 11 aromatic carbocycles. The van der Waals surface area contributed by atoms with Gasteiger partial charge in [0.15, 0.2) is 0 Å². The van der Waals surface area contributed by atoms with E-state index in [0.717, 1.165) is 39.8 Å². The number of rotatable bonds is 7. The van der Waals surface area contributed by atoms with Gasteiger partial charge in [-0.3, -0.25) is 0 Å². The van der Waals surface area contributed by atoms with Crippen molar-refractivity contribution in [2.75, 3.05) is 9.80 Å². The predicted octanol–water partition coefficient (Wildman–Crippen LogP) is 17.2. The van der Waals surface area contributed by atoms with E-state index in [9.17, 15) is 0 Å². The van der Waals surface area contributed by atoms with Gasteiger partial charge in [-0.1, -0.05) is 121 Å². The smallest absolute Gasteiger partial charge is 0.0628 e. The highest BCUT2D eigenvalue weighted by atomic mass is 15.1. The zero-order valence-electron chi connectivity index (χ0n) is 35.9. The van der Waals surface area contributed by atoms with Crippen LogP contribution < -0.4 is 9.80 Å². The van der Waals surface area contributed by atoms with Gasteiger partial charge in [0, 0.05) is 72.1 Å². The molecule has 0 amide bonds. The van der Waals surface area contributed by atoms with E-state index < -0.39 is 0 Å². The van der Waals surface area contributed by atoms with Crippen LogP contribution in [0, 0.1) is 0 Å². The minimum Gasteiger partial charge on any atom is -0.310 e. The van der Waals surface area contributed by atoms with Crippen molar-refractivity contribution < 1.29 is 0 Å². The van der Waals surface area contributed by atoms with E-state index in [1.807, 2.05) is 0 Å². The molecule has 66 heavy (non-hydrogen) atoms. The average molecular weight is 841 g/mol.